The van der Waals surface area contributed by atoms with Crippen LogP contribution in [0.3, 0.4) is 0 Å². The third-order valence-electron chi connectivity index (χ3n) is 5.08. The van der Waals surface area contributed by atoms with E-state index in [1.54, 1.807) is 4.90 Å². The standard InChI is InChI=1S/C21H24N6O2/c1-3-4-14-27-18(28)11-10-17(24-27)21(29)26-13-7-12-25(2)19-20(26)23-16-9-6-5-8-15(16)22-19/h5-6,8-11H,3-4,7,12-14H2,1-2H3. The molecule has 1 aliphatic rings. The van der Waals surface area contributed by atoms with E-state index in [4.69, 9.17) is 9.97 Å². The fraction of sp³-hybridized carbons (Fsp3) is 0.381. The van der Waals surface area contributed by atoms with E-state index >= 15 is 0 Å². The predicted octanol–water partition coefficient (Wildman–Crippen LogP) is 2.47. The molecule has 0 atom stereocenters. The van der Waals surface area contributed by atoms with Gasteiger partial charge in [0.15, 0.2) is 11.6 Å². The van der Waals surface area contributed by atoms with E-state index in [2.05, 4.69) is 5.10 Å². The summed E-state index contributed by atoms with van der Waals surface area (Å²) in [6.45, 7) is 3.83. The van der Waals surface area contributed by atoms with Crippen molar-refractivity contribution in [3.8, 4) is 0 Å². The highest BCUT2D eigenvalue weighted by Crippen LogP contribution is 2.30. The molecule has 2 aromatic heterocycles. The van der Waals surface area contributed by atoms with Gasteiger partial charge in [-0.15, -0.1) is 0 Å². The monoisotopic (exact) mass is 392 g/mol. The number of hydrogen-bond acceptors (Lipinski definition) is 6. The number of fused-ring (bicyclic) bond motifs is 2. The quantitative estimate of drug-likeness (QED) is 0.678. The van der Waals surface area contributed by atoms with Gasteiger partial charge < -0.3 is 4.90 Å². The molecule has 1 aliphatic heterocycles. The van der Waals surface area contributed by atoms with Gasteiger partial charge in [0.2, 0.25) is 0 Å². The molecule has 0 N–H and O–H groups in total. The van der Waals surface area contributed by atoms with Crippen LogP contribution in [0.15, 0.2) is 41.2 Å². The van der Waals surface area contributed by atoms with Crippen LogP contribution in [0.1, 0.15) is 36.7 Å². The Labute approximate surface area is 168 Å². The Hall–Kier alpha value is -3.29. The summed E-state index contributed by atoms with van der Waals surface area (Å²) in [6, 6.07) is 10.5. The minimum atomic E-state index is -0.267. The van der Waals surface area contributed by atoms with Crippen molar-refractivity contribution in [2.24, 2.45) is 0 Å². The van der Waals surface area contributed by atoms with Crippen LogP contribution >= 0.6 is 0 Å². The molecule has 0 bridgehead atoms. The van der Waals surface area contributed by atoms with E-state index in [0.717, 1.165) is 36.8 Å². The molecule has 8 nitrogen and oxygen atoms in total. The molecule has 4 rings (SSSR count). The molecular weight excluding hydrogens is 368 g/mol. The molecule has 0 unspecified atom stereocenters. The van der Waals surface area contributed by atoms with Crippen molar-refractivity contribution in [1.82, 2.24) is 19.7 Å². The largest absolute Gasteiger partial charge is 0.357 e. The first kappa shape index (κ1) is 19.0. The molecule has 8 heteroatoms. The summed E-state index contributed by atoms with van der Waals surface area (Å²) >= 11 is 0. The molecule has 0 fully saturated rings. The average Bonchev–Trinajstić information content (AvgIpc) is 2.90. The van der Waals surface area contributed by atoms with Crippen LogP contribution < -0.4 is 15.4 Å². The molecule has 0 radical (unpaired) electrons. The maximum absolute atomic E-state index is 13.4. The van der Waals surface area contributed by atoms with Crippen LogP contribution in [-0.4, -0.2) is 45.8 Å². The molecule has 150 valence electrons. The van der Waals surface area contributed by atoms with Crippen molar-refractivity contribution >= 4 is 28.6 Å². The molecule has 3 heterocycles. The number of carbonyl (C=O) groups excluding carboxylic acids is 1. The number of aryl methyl sites for hydroxylation is 1. The van der Waals surface area contributed by atoms with Crippen molar-refractivity contribution in [3.63, 3.8) is 0 Å². The van der Waals surface area contributed by atoms with Crippen LogP contribution in [0.4, 0.5) is 11.6 Å². The lowest BCUT2D eigenvalue weighted by molar-refractivity contribution is 0.0979. The number of rotatable bonds is 4. The van der Waals surface area contributed by atoms with E-state index in [-0.39, 0.29) is 17.2 Å². The molecule has 0 saturated heterocycles. The number of nitrogens with zero attached hydrogens (tertiary/aromatic N) is 6. The zero-order chi connectivity index (χ0) is 20.4. The van der Waals surface area contributed by atoms with E-state index in [0.29, 0.717) is 24.7 Å². The summed E-state index contributed by atoms with van der Waals surface area (Å²) in [6.07, 6.45) is 2.56. The van der Waals surface area contributed by atoms with E-state index in [1.165, 1.54) is 16.8 Å². The van der Waals surface area contributed by atoms with Crippen molar-refractivity contribution in [3.05, 3.63) is 52.4 Å². The maximum atomic E-state index is 13.4. The van der Waals surface area contributed by atoms with Gasteiger partial charge >= 0.3 is 0 Å². The lowest BCUT2D eigenvalue weighted by atomic mass is 10.2. The van der Waals surface area contributed by atoms with Gasteiger partial charge in [0.1, 0.15) is 5.69 Å². The molecule has 0 spiro atoms. The summed E-state index contributed by atoms with van der Waals surface area (Å²) in [5.74, 6) is 0.937. The number of benzene rings is 1. The van der Waals surface area contributed by atoms with Gasteiger partial charge in [-0.05, 0) is 31.0 Å². The molecule has 3 aromatic rings. The summed E-state index contributed by atoms with van der Waals surface area (Å²) in [5.41, 5.74) is 1.57. The second kappa shape index (κ2) is 7.98. The number of aromatic nitrogens is 4. The van der Waals surface area contributed by atoms with E-state index in [9.17, 15) is 9.59 Å². The summed E-state index contributed by atoms with van der Waals surface area (Å²) in [7, 11) is 1.96. The second-order valence-corrected chi connectivity index (χ2v) is 7.22. The molecule has 0 saturated carbocycles. The predicted molar refractivity (Wildman–Crippen MR) is 113 cm³/mol. The highest BCUT2D eigenvalue weighted by molar-refractivity contribution is 6.06. The second-order valence-electron chi connectivity index (χ2n) is 7.22. The Morgan fingerprint density at radius 2 is 1.76 bits per heavy atom. The van der Waals surface area contributed by atoms with Gasteiger partial charge in [-0.3, -0.25) is 14.5 Å². The summed E-state index contributed by atoms with van der Waals surface area (Å²) in [5, 5.41) is 4.32. The minimum Gasteiger partial charge on any atom is -0.357 e. The number of para-hydroxylation sites is 2. The van der Waals surface area contributed by atoms with Gasteiger partial charge in [-0.1, -0.05) is 25.5 Å². The maximum Gasteiger partial charge on any atom is 0.279 e. The fourth-order valence-electron chi connectivity index (χ4n) is 3.46. The van der Waals surface area contributed by atoms with Crippen molar-refractivity contribution in [2.45, 2.75) is 32.7 Å². The first-order valence-electron chi connectivity index (χ1n) is 9.96. The van der Waals surface area contributed by atoms with Gasteiger partial charge in [0, 0.05) is 32.7 Å². The number of unbranched alkanes of at least 4 members (excludes halogenated alkanes) is 1. The third-order valence-corrected chi connectivity index (χ3v) is 5.08. The van der Waals surface area contributed by atoms with Crippen LogP contribution in [0.2, 0.25) is 0 Å². The number of anilines is 2. The van der Waals surface area contributed by atoms with Gasteiger partial charge in [-0.25, -0.2) is 14.6 Å². The van der Waals surface area contributed by atoms with Gasteiger partial charge in [-0.2, -0.15) is 5.10 Å². The third kappa shape index (κ3) is 3.70. The number of hydrogen-bond donors (Lipinski definition) is 0. The first-order chi connectivity index (χ1) is 14.1. The molecule has 29 heavy (non-hydrogen) atoms. The van der Waals surface area contributed by atoms with Crippen LogP contribution in [0.5, 0.6) is 0 Å². The number of carbonyl (C=O) groups is 1. The average molecular weight is 392 g/mol. The Bertz CT molecular complexity index is 1110. The Morgan fingerprint density at radius 3 is 2.48 bits per heavy atom. The Kier molecular flexibility index (Phi) is 5.24. The van der Waals surface area contributed by atoms with E-state index < -0.39 is 0 Å². The van der Waals surface area contributed by atoms with Crippen molar-refractivity contribution < 1.29 is 4.79 Å². The van der Waals surface area contributed by atoms with Crippen LogP contribution in [0, 0.1) is 0 Å². The lowest BCUT2D eigenvalue weighted by Gasteiger charge is -2.22. The first-order valence-corrected chi connectivity index (χ1v) is 9.96. The summed E-state index contributed by atoms with van der Waals surface area (Å²) in [4.78, 5) is 38.6. The lowest BCUT2D eigenvalue weighted by Crippen LogP contribution is -2.35. The molecular formula is C21H24N6O2. The SMILES string of the molecule is CCCCn1nc(C(=O)N2CCCN(C)c3nc4ccccc4nc32)ccc1=O. The van der Waals surface area contributed by atoms with Gasteiger partial charge in [0.05, 0.1) is 11.0 Å². The van der Waals surface area contributed by atoms with Crippen molar-refractivity contribution in [1.29, 1.82) is 0 Å². The fourth-order valence-corrected chi connectivity index (χ4v) is 3.46. The molecule has 1 amide bonds. The summed E-state index contributed by atoms with van der Waals surface area (Å²) < 4.78 is 1.37. The Balaban J connectivity index is 1.77. The van der Waals surface area contributed by atoms with Crippen LogP contribution in [0.25, 0.3) is 11.0 Å². The van der Waals surface area contributed by atoms with E-state index in [1.807, 2.05) is 43.1 Å². The highest BCUT2D eigenvalue weighted by atomic mass is 16.2. The zero-order valence-corrected chi connectivity index (χ0v) is 16.7. The zero-order valence-electron chi connectivity index (χ0n) is 16.7. The minimum absolute atomic E-state index is 0.197. The van der Waals surface area contributed by atoms with Crippen molar-refractivity contribution in [2.75, 3.05) is 29.9 Å². The highest BCUT2D eigenvalue weighted by Gasteiger charge is 2.28. The van der Waals surface area contributed by atoms with Crippen LogP contribution in [-0.2, 0) is 6.54 Å². The molecule has 1 aromatic carbocycles. The number of amides is 1. The topological polar surface area (TPSA) is 84.2 Å². The Morgan fingerprint density at radius 1 is 1.03 bits per heavy atom. The normalized spacial score (nSPS) is 14.0. The molecule has 0 aliphatic carbocycles. The smallest absolute Gasteiger partial charge is 0.279 e. The van der Waals surface area contributed by atoms with Gasteiger partial charge in [0.25, 0.3) is 11.5 Å².